The molecule has 9 heteroatoms. The van der Waals surface area contributed by atoms with Gasteiger partial charge in [-0.25, -0.2) is 4.79 Å². The number of alkyl halides is 4. The molecule has 1 fully saturated rings. The largest absolute Gasteiger partial charge is 0.490 e. The number of carbonyl (C=O) groups excluding carboxylic acids is 1. The molecule has 106 valence electrons. The summed E-state index contributed by atoms with van der Waals surface area (Å²) < 4.78 is 31.7. The lowest BCUT2D eigenvalue weighted by atomic mass is 10.1. The van der Waals surface area contributed by atoms with Crippen LogP contribution in [0.2, 0.25) is 0 Å². The number of nitrogens with zero attached hydrogens (tertiary/aromatic N) is 1. The van der Waals surface area contributed by atoms with Gasteiger partial charge in [0.1, 0.15) is 5.88 Å². The SMILES string of the molecule is NC1CCN(C(=O)CCl)CC1.O=C(O)C(F)(F)F. The summed E-state index contributed by atoms with van der Waals surface area (Å²) in [4.78, 5) is 21.7. The first kappa shape index (κ1) is 17.0. The number of hydrogen-bond donors (Lipinski definition) is 2. The number of nitrogens with two attached hydrogens (primary N) is 1. The summed E-state index contributed by atoms with van der Waals surface area (Å²) in [6, 6.07) is 0.273. The number of carboxylic acids is 1. The normalized spacial score (nSPS) is 16.8. The molecule has 0 atom stereocenters. The number of aliphatic carboxylic acids is 1. The molecule has 1 aliphatic rings. The lowest BCUT2D eigenvalue weighted by Gasteiger charge is -2.29. The van der Waals surface area contributed by atoms with Crippen LogP contribution in [0.4, 0.5) is 13.2 Å². The van der Waals surface area contributed by atoms with Crippen molar-refractivity contribution < 1.29 is 27.9 Å². The molecular formula is C9H14ClF3N2O3. The van der Waals surface area contributed by atoms with Gasteiger partial charge in [0, 0.05) is 19.1 Å². The molecule has 0 radical (unpaired) electrons. The first-order valence-corrected chi connectivity index (χ1v) is 5.61. The van der Waals surface area contributed by atoms with Crippen LogP contribution in [0.15, 0.2) is 0 Å². The highest BCUT2D eigenvalue weighted by Gasteiger charge is 2.38. The van der Waals surface area contributed by atoms with E-state index in [9.17, 15) is 18.0 Å². The van der Waals surface area contributed by atoms with Crippen LogP contribution in [0.3, 0.4) is 0 Å². The Morgan fingerprint density at radius 1 is 1.33 bits per heavy atom. The van der Waals surface area contributed by atoms with E-state index in [1.165, 1.54) is 0 Å². The maximum absolute atomic E-state index is 11.0. The van der Waals surface area contributed by atoms with Crippen molar-refractivity contribution in [3.8, 4) is 0 Å². The Morgan fingerprint density at radius 2 is 1.72 bits per heavy atom. The van der Waals surface area contributed by atoms with Crippen molar-refractivity contribution in [3.05, 3.63) is 0 Å². The second kappa shape index (κ2) is 7.42. The second-order valence-electron chi connectivity index (χ2n) is 3.65. The van der Waals surface area contributed by atoms with Gasteiger partial charge in [-0.3, -0.25) is 4.79 Å². The van der Waals surface area contributed by atoms with E-state index in [0.29, 0.717) is 0 Å². The Morgan fingerprint density at radius 3 is 2.00 bits per heavy atom. The fourth-order valence-electron chi connectivity index (χ4n) is 1.23. The number of halogens is 4. The molecule has 1 rings (SSSR count). The quantitative estimate of drug-likeness (QED) is 0.700. The molecule has 0 aliphatic carbocycles. The molecular weight excluding hydrogens is 277 g/mol. The highest BCUT2D eigenvalue weighted by atomic mass is 35.5. The molecule has 1 saturated heterocycles. The lowest BCUT2D eigenvalue weighted by molar-refractivity contribution is -0.192. The van der Waals surface area contributed by atoms with Crippen LogP contribution in [0.1, 0.15) is 12.8 Å². The van der Waals surface area contributed by atoms with Gasteiger partial charge in [0.05, 0.1) is 0 Å². The smallest absolute Gasteiger partial charge is 0.475 e. The summed E-state index contributed by atoms with van der Waals surface area (Å²) >= 11 is 5.40. The van der Waals surface area contributed by atoms with Crippen molar-refractivity contribution in [1.29, 1.82) is 0 Å². The van der Waals surface area contributed by atoms with Crippen LogP contribution >= 0.6 is 11.6 Å². The van der Waals surface area contributed by atoms with Gasteiger partial charge in [0.2, 0.25) is 5.91 Å². The van der Waals surface area contributed by atoms with Gasteiger partial charge in [-0.15, -0.1) is 11.6 Å². The molecule has 5 nitrogen and oxygen atoms in total. The Balaban J connectivity index is 0.000000360. The average Bonchev–Trinajstić information content (AvgIpc) is 2.28. The zero-order valence-electron chi connectivity index (χ0n) is 9.41. The van der Waals surface area contributed by atoms with Gasteiger partial charge in [-0.2, -0.15) is 13.2 Å². The molecule has 0 bridgehead atoms. The molecule has 1 heterocycles. The Labute approximate surface area is 107 Å². The third-order valence-electron chi connectivity index (χ3n) is 2.25. The first-order chi connectivity index (χ1) is 8.18. The van der Waals surface area contributed by atoms with Crippen LogP contribution in [0.25, 0.3) is 0 Å². The van der Waals surface area contributed by atoms with Crippen LogP contribution < -0.4 is 5.73 Å². The molecule has 0 unspecified atom stereocenters. The summed E-state index contributed by atoms with van der Waals surface area (Å²) in [5.74, 6) is -2.64. The number of rotatable bonds is 1. The number of hydrogen-bond acceptors (Lipinski definition) is 3. The second-order valence-corrected chi connectivity index (χ2v) is 3.92. The van der Waals surface area contributed by atoms with Gasteiger partial charge in [0.15, 0.2) is 0 Å². The number of amides is 1. The minimum Gasteiger partial charge on any atom is -0.475 e. The number of carbonyl (C=O) groups is 2. The fourth-order valence-corrected chi connectivity index (χ4v) is 1.40. The zero-order chi connectivity index (χ0) is 14.3. The first-order valence-electron chi connectivity index (χ1n) is 5.08. The van der Waals surface area contributed by atoms with Crippen molar-refractivity contribution in [2.75, 3.05) is 19.0 Å². The minimum atomic E-state index is -5.08. The maximum atomic E-state index is 11.0. The average molecular weight is 291 g/mol. The molecule has 0 aromatic carbocycles. The lowest BCUT2D eigenvalue weighted by Crippen LogP contribution is -2.43. The minimum absolute atomic E-state index is 0.0265. The Hall–Kier alpha value is -1.02. The molecule has 3 N–H and O–H groups in total. The predicted molar refractivity (Wildman–Crippen MR) is 58.2 cm³/mol. The van der Waals surface area contributed by atoms with E-state index in [2.05, 4.69) is 0 Å². The van der Waals surface area contributed by atoms with Gasteiger partial charge < -0.3 is 15.7 Å². The van der Waals surface area contributed by atoms with E-state index in [4.69, 9.17) is 27.2 Å². The summed E-state index contributed by atoms with van der Waals surface area (Å²) in [6.45, 7) is 1.54. The highest BCUT2D eigenvalue weighted by molar-refractivity contribution is 6.27. The summed E-state index contributed by atoms with van der Waals surface area (Å²) in [6.07, 6.45) is -3.27. The fraction of sp³-hybridized carbons (Fsp3) is 0.778. The van der Waals surface area contributed by atoms with Gasteiger partial charge in [-0.1, -0.05) is 0 Å². The van der Waals surface area contributed by atoms with Gasteiger partial charge in [0.25, 0.3) is 0 Å². The Kier molecular flexibility index (Phi) is 7.00. The summed E-state index contributed by atoms with van der Waals surface area (Å²) in [7, 11) is 0. The molecule has 1 aliphatic heterocycles. The molecule has 1 amide bonds. The maximum Gasteiger partial charge on any atom is 0.490 e. The van der Waals surface area contributed by atoms with E-state index in [1.54, 1.807) is 4.90 Å². The standard InChI is InChI=1S/C7H13ClN2O.C2HF3O2/c8-5-7(11)10-3-1-6(9)2-4-10;3-2(4,5)1(6)7/h6H,1-5,9H2;(H,6,7). The Bertz CT molecular complexity index is 291. The molecule has 0 saturated carbocycles. The summed E-state index contributed by atoms with van der Waals surface area (Å²) in [5.41, 5.74) is 5.67. The predicted octanol–water partition coefficient (Wildman–Crippen LogP) is 0.808. The summed E-state index contributed by atoms with van der Waals surface area (Å²) in [5, 5.41) is 7.12. The molecule has 0 aromatic rings. The number of piperidine rings is 1. The van der Waals surface area contributed by atoms with Crippen molar-refractivity contribution in [2.24, 2.45) is 5.73 Å². The van der Waals surface area contributed by atoms with Crippen molar-refractivity contribution in [1.82, 2.24) is 4.90 Å². The molecule has 0 aromatic heterocycles. The van der Waals surface area contributed by atoms with E-state index in [1.807, 2.05) is 0 Å². The third kappa shape index (κ3) is 6.65. The van der Waals surface area contributed by atoms with E-state index < -0.39 is 12.1 Å². The van der Waals surface area contributed by atoms with E-state index in [0.717, 1.165) is 25.9 Å². The third-order valence-corrected chi connectivity index (χ3v) is 2.48. The molecule has 0 spiro atoms. The van der Waals surface area contributed by atoms with E-state index >= 15 is 0 Å². The van der Waals surface area contributed by atoms with Crippen LogP contribution in [0.5, 0.6) is 0 Å². The number of likely N-dealkylation sites (tertiary alicyclic amines) is 1. The van der Waals surface area contributed by atoms with E-state index in [-0.39, 0.29) is 17.8 Å². The van der Waals surface area contributed by atoms with Crippen LogP contribution in [-0.2, 0) is 9.59 Å². The van der Waals surface area contributed by atoms with Gasteiger partial charge in [-0.05, 0) is 12.8 Å². The number of carboxylic acid groups (broad SMARTS) is 1. The molecule has 18 heavy (non-hydrogen) atoms. The zero-order valence-corrected chi connectivity index (χ0v) is 10.2. The van der Waals surface area contributed by atoms with Crippen LogP contribution in [-0.4, -0.2) is 53.1 Å². The van der Waals surface area contributed by atoms with Crippen LogP contribution in [0, 0.1) is 0 Å². The van der Waals surface area contributed by atoms with Crippen molar-refractivity contribution in [3.63, 3.8) is 0 Å². The highest BCUT2D eigenvalue weighted by Crippen LogP contribution is 2.13. The van der Waals surface area contributed by atoms with Crippen molar-refractivity contribution >= 4 is 23.5 Å². The van der Waals surface area contributed by atoms with Gasteiger partial charge >= 0.3 is 12.1 Å². The van der Waals surface area contributed by atoms with Crippen molar-refractivity contribution in [2.45, 2.75) is 25.1 Å². The monoisotopic (exact) mass is 290 g/mol. The topological polar surface area (TPSA) is 83.6 Å².